The molecular weight excluding hydrogens is 336 g/mol. The van der Waals surface area contributed by atoms with Crippen molar-refractivity contribution in [2.75, 3.05) is 20.0 Å². The highest BCUT2D eigenvalue weighted by Crippen LogP contribution is 2.36. The van der Waals surface area contributed by atoms with Crippen LogP contribution in [0.15, 0.2) is 36.5 Å². The number of ether oxygens (including phenoxy) is 2. The number of benzene rings is 1. The minimum Gasteiger partial charge on any atom is -0.506 e. The first kappa shape index (κ1) is 17.3. The van der Waals surface area contributed by atoms with Crippen LogP contribution < -0.4 is 10.5 Å². The summed E-state index contributed by atoms with van der Waals surface area (Å²) >= 11 is 0. The van der Waals surface area contributed by atoms with Crippen LogP contribution in [0.1, 0.15) is 32.0 Å². The number of esters is 1. The highest BCUT2D eigenvalue weighted by atomic mass is 16.5. The number of methoxy groups -OCH3 is 2. The van der Waals surface area contributed by atoms with Crippen molar-refractivity contribution in [3.05, 3.63) is 58.9 Å². The number of rotatable bonds is 4. The molecule has 1 aromatic carbocycles. The largest absolute Gasteiger partial charge is 0.506 e. The molecule has 0 saturated heterocycles. The van der Waals surface area contributed by atoms with Crippen LogP contribution in [0.25, 0.3) is 5.52 Å². The van der Waals surface area contributed by atoms with Gasteiger partial charge in [-0.3, -0.25) is 4.79 Å². The number of nitrogen functional groups attached to an aromatic ring is 1. The Bertz CT molecular complexity index is 1040. The number of carbonyl (C=O) groups is 2. The molecule has 3 aromatic rings. The van der Waals surface area contributed by atoms with Crippen molar-refractivity contribution >= 4 is 23.0 Å². The second-order valence-corrected chi connectivity index (χ2v) is 5.74. The molecule has 26 heavy (non-hydrogen) atoms. The van der Waals surface area contributed by atoms with Crippen LogP contribution in [0.5, 0.6) is 11.5 Å². The second kappa shape index (κ2) is 6.44. The number of pyridine rings is 1. The molecule has 7 nitrogen and oxygen atoms in total. The summed E-state index contributed by atoms with van der Waals surface area (Å²) in [4.78, 5) is 25.0. The topological polar surface area (TPSA) is 103 Å². The lowest BCUT2D eigenvalue weighted by atomic mass is 10.0. The zero-order valence-electron chi connectivity index (χ0n) is 14.6. The van der Waals surface area contributed by atoms with Gasteiger partial charge in [0.2, 0.25) is 5.78 Å². The number of nitrogens with zero attached hydrogens (tertiary/aromatic N) is 1. The van der Waals surface area contributed by atoms with E-state index in [1.54, 1.807) is 23.6 Å². The minimum atomic E-state index is -0.621. The lowest BCUT2D eigenvalue weighted by Crippen LogP contribution is -2.11. The minimum absolute atomic E-state index is 0.000874. The average molecular weight is 354 g/mol. The fourth-order valence-electron chi connectivity index (χ4n) is 3.03. The van der Waals surface area contributed by atoms with E-state index in [-0.39, 0.29) is 28.3 Å². The van der Waals surface area contributed by atoms with E-state index >= 15 is 0 Å². The lowest BCUT2D eigenvalue weighted by molar-refractivity contribution is 0.0602. The molecule has 0 aliphatic carbocycles. The molecule has 0 saturated carbocycles. The molecule has 2 aromatic heterocycles. The lowest BCUT2D eigenvalue weighted by Gasteiger charge is -2.08. The first-order chi connectivity index (χ1) is 12.4. The molecule has 0 aliphatic rings. The maximum atomic E-state index is 13.1. The third-order valence-electron chi connectivity index (χ3n) is 4.26. The van der Waals surface area contributed by atoms with Crippen LogP contribution in [-0.4, -0.2) is 35.5 Å². The predicted octanol–water partition coefficient (Wildman–Crippen LogP) is 2.56. The number of carbonyl (C=O) groups excluding carboxylic acids is 2. The van der Waals surface area contributed by atoms with Crippen molar-refractivity contribution in [2.24, 2.45) is 0 Å². The van der Waals surface area contributed by atoms with Gasteiger partial charge in [-0.25, -0.2) is 4.79 Å². The molecule has 0 amide bonds. The van der Waals surface area contributed by atoms with Crippen LogP contribution in [0.3, 0.4) is 0 Å². The highest BCUT2D eigenvalue weighted by Gasteiger charge is 2.25. The quantitative estimate of drug-likeness (QED) is 0.424. The Morgan fingerprint density at radius 1 is 1.19 bits per heavy atom. The van der Waals surface area contributed by atoms with Gasteiger partial charge in [0.15, 0.2) is 5.75 Å². The normalized spacial score (nSPS) is 10.7. The summed E-state index contributed by atoms with van der Waals surface area (Å²) in [6, 6.07) is 7.57. The Morgan fingerprint density at radius 2 is 1.92 bits per heavy atom. The third kappa shape index (κ3) is 2.54. The number of aromatic nitrogens is 1. The molecule has 0 bridgehead atoms. The fraction of sp³-hybridized carbons (Fsp3) is 0.158. The van der Waals surface area contributed by atoms with Gasteiger partial charge < -0.3 is 24.7 Å². The van der Waals surface area contributed by atoms with Gasteiger partial charge in [-0.2, -0.15) is 0 Å². The molecule has 2 heterocycles. The summed E-state index contributed by atoms with van der Waals surface area (Å²) in [6.07, 6.45) is 1.66. The fourth-order valence-corrected chi connectivity index (χ4v) is 3.03. The molecule has 0 atom stereocenters. The van der Waals surface area contributed by atoms with Crippen molar-refractivity contribution in [1.82, 2.24) is 4.40 Å². The van der Waals surface area contributed by atoms with Gasteiger partial charge in [0.25, 0.3) is 0 Å². The van der Waals surface area contributed by atoms with Gasteiger partial charge in [0.1, 0.15) is 17.0 Å². The molecule has 3 N–H and O–H groups in total. The third-order valence-corrected chi connectivity index (χ3v) is 4.26. The Balaban J connectivity index is 2.22. The van der Waals surface area contributed by atoms with E-state index in [0.717, 1.165) is 0 Å². The number of fused-ring (bicyclic) bond motifs is 1. The number of hydrogen-bond donors (Lipinski definition) is 2. The van der Waals surface area contributed by atoms with Crippen LogP contribution in [0, 0.1) is 6.92 Å². The van der Waals surface area contributed by atoms with E-state index in [1.807, 2.05) is 0 Å². The van der Waals surface area contributed by atoms with E-state index in [9.17, 15) is 14.7 Å². The second-order valence-electron chi connectivity index (χ2n) is 5.74. The van der Waals surface area contributed by atoms with Gasteiger partial charge >= 0.3 is 5.97 Å². The molecule has 0 aliphatic heterocycles. The maximum Gasteiger partial charge on any atom is 0.339 e. The number of ketones is 1. The standard InChI is InChI=1S/C19H18N2O5/c1-10-15(21-8-4-5-14(22)16(21)18(10)25-2)17(23)11-6-7-13(20)12(9-11)19(24)26-3/h4-9,22H,20H2,1-3H3. The highest BCUT2D eigenvalue weighted by molar-refractivity contribution is 6.12. The predicted molar refractivity (Wildman–Crippen MR) is 96.0 cm³/mol. The van der Waals surface area contributed by atoms with Crippen LogP contribution in [0.4, 0.5) is 5.69 Å². The smallest absolute Gasteiger partial charge is 0.339 e. The molecule has 0 unspecified atom stereocenters. The Morgan fingerprint density at radius 3 is 2.58 bits per heavy atom. The molecule has 0 radical (unpaired) electrons. The van der Waals surface area contributed by atoms with Crippen LogP contribution in [0.2, 0.25) is 0 Å². The van der Waals surface area contributed by atoms with Crippen molar-refractivity contribution in [2.45, 2.75) is 6.92 Å². The van der Waals surface area contributed by atoms with Gasteiger partial charge in [-0.05, 0) is 37.3 Å². The Kier molecular flexibility index (Phi) is 4.29. The monoisotopic (exact) mass is 354 g/mol. The van der Waals surface area contributed by atoms with Crippen LogP contribution in [-0.2, 0) is 4.74 Å². The average Bonchev–Trinajstić information content (AvgIpc) is 2.93. The zero-order valence-corrected chi connectivity index (χ0v) is 14.6. The maximum absolute atomic E-state index is 13.1. The molecule has 7 heteroatoms. The van der Waals surface area contributed by atoms with Gasteiger partial charge in [0, 0.05) is 23.0 Å². The van der Waals surface area contributed by atoms with Crippen molar-refractivity contribution in [1.29, 1.82) is 0 Å². The van der Waals surface area contributed by atoms with E-state index in [4.69, 9.17) is 15.2 Å². The Labute approximate surface area is 149 Å². The molecular formula is C19H18N2O5. The van der Waals surface area contributed by atoms with Gasteiger partial charge in [0.05, 0.1) is 19.8 Å². The van der Waals surface area contributed by atoms with E-state index in [1.165, 1.54) is 38.5 Å². The van der Waals surface area contributed by atoms with Crippen molar-refractivity contribution in [3.8, 4) is 11.5 Å². The SMILES string of the molecule is COC(=O)c1cc(C(=O)c2c(C)c(OC)c3c(O)cccn23)ccc1N. The van der Waals surface area contributed by atoms with Gasteiger partial charge in [-0.1, -0.05) is 0 Å². The van der Waals surface area contributed by atoms with E-state index in [2.05, 4.69) is 0 Å². The molecule has 0 spiro atoms. The summed E-state index contributed by atoms with van der Waals surface area (Å²) in [7, 11) is 2.72. The number of hydrogen-bond acceptors (Lipinski definition) is 6. The van der Waals surface area contributed by atoms with Crippen molar-refractivity contribution in [3.63, 3.8) is 0 Å². The summed E-state index contributed by atoms with van der Waals surface area (Å²) in [5.74, 6) is -0.546. The van der Waals surface area contributed by atoms with Crippen molar-refractivity contribution < 1.29 is 24.2 Å². The summed E-state index contributed by atoms with van der Waals surface area (Å²) < 4.78 is 11.6. The first-order valence-electron chi connectivity index (χ1n) is 7.79. The van der Waals surface area contributed by atoms with Crippen LogP contribution >= 0.6 is 0 Å². The summed E-state index contributed by atoms with van der Waals surface area (Å²) in [6.45, 7) is 1.73. The first-order valence-corrected chi connectivity index (χ1v) is 7.79. The number of anilines is 1. The zero-order chi connectivity index (χ0) is 19.0. The van der Waals surface area contributed by atoms with E-state index < -0.39 is 5.97 Å². The Hall–Kier alpha value is -3.48. The molecule has 134 valence electrons. The number of aromatic hydroxyl groups is 1. The molecule has 3 rings (SSSR count). The number of nitrogens with two attached hydrogens (primary N) is 1. The molecule has 0 fully saturated rings. The van der Waals surface area contributed by atoms with E-state index in [0.29, 0.717) is 22.5 Å². The van der Waals surface area contributed by atoms with Gasteiger partial charge in [-0.15, -0.1) is 0 Å². The summed E-state index contributed by atoms with van der Waals surface area (Å²) in [5, 5.41) is 10.2. The summed E-state index contributed by atoms with van der Waals surface area (Å²) in [5.41, 5.74) is 7.72.